The van der Waals surface area contributed by atoms with E-state index in [1.54, 1.807) is 24.0 Å². The minimum absolute atomic E-state index is 0.162. The van der Waals surface area contributed by atoms with Crippen LogP contribution in [0.5, 0.6) is 0 Å². The van der Waals surface area contributed by atoms with E-state index in [0.29, 0.717) is 10.9 Å². The molecule has 1 N–H and O–H groups in total. The van der Waals surface area contributed by atoms with Crippen molar-refractivity contribution in [3.63, 3.8) is 0 Å². The molecule has 0 saturated heterocycles. The Bertz CT molecular complexity index is 715. The van der Waals surface area contributed by atoms with Crippen molar-refractivity contribution in [3.8, 4) is 0 Å². The molecule has 2 rings (SSSR count). The average molecular weight is 362 g/mol. The molecule has 0 atom stereocenters. The maximum Gasteiger partial charge on any atom is 0.243 e. The fourth-order valence-corrected chi connectivity index (χ4v) is 3.10. The third kappa shape index (κ3) is 3.65. The highest BCUT2D eigenvalue weighted by Crippen LogP contribution is 2.19. The Labute approximate surface area is 125 Å². The van der Waals surface area contributed by atoms with Gasteiger partial charge in [0.05, 0.1) is 5.69 Å². The van der Waals surface area contributed by atoms with Crippen molar-refractivity contribution in [2.75, 3.05) is 6.54 Å². The van der Waals surface area contributed by atoms with Gasteiger partial charge in [-0.15, -0.1) is 0 Å². The quantitative estimate of drug-likeness (QED) is 0.883. The van der Waals surface area contributed by atoms with E-state index in [-0.39, 0.29) is 11.4 Å². The summed E-state index contributed by atoms with van der Waals surface area (Å²) in [4.78, 5) is -0.360. The molecule has 0 amide bonds. The first-order valence-electron chi connectivity index (χ1n) is 5.82. The lowest BCUT2D eigenvalue weighted by molar-refractivity contribution is 0.556. The minimum atomic E-state index is -3.85. The smallest absolute Gasteiger partial charge is 0.243 e. The monoisotopic (exact) mass is 361 g/mol. The Morgan fingerprint density at radius 1 is 1.40 bits per heavy atom. The molecule has 1 aromatic carbocycles. The minimum Gasteiger partial charge on any atom is -0.276 e. The lowest BCUT2D eigenvalue weighted by atomic mass is 10.3. The number of hydrogen-bond donors (Lipinski definition) is 1. The zero-order valence-corrected chi connectivity index (χ0v) is 13.1. The zero-order valence-electron chi connectivity index (χ0n) is 10.7. The summed E-state index contributed by atoms with van der Waals surface area (Å²) in [5, 5.41) is 4.13. The second-order valence-corrected chi connectivity index (χ2v) is 6.85. The molecular weight excluding hydrogens is 349 g/mol. The second-order valence-electron chi connectivity index (χ2n) is 4.20. The molecule has 108 valence electrons. The summed E-state index contributed by atoms with van der Waals surface area (Å²) in [6, 6.07) is 5.63. The van der Waals surface area contributed by atoms with Crippen LogP contribution in [0.15, 0.2) is 39.8 Å². The fourth-order valence-electron chi connectivity index (χ4n) is 1.68. The molecule has 8 heteroatoms. The highest BCUT2D eigenvalue weighted by Gasteiger charge is 2.18. The maximum atomic E-state index is 13.6. The molecule has 0 aliphatic rings. The summed E-state index contributed by atoms with van der Waals surface area (Å²) in [5.74, 6) is -0.787. The number of benzene rings is 1. The Morgan fingerprint density at radius 3 is 2.75 bits per heavy atom. The van der Waals surface area contributed by atoms with Gasteiger partial charge in [-0.1, -0.05) is 15.9 Å². The van der Waals surface area contributed by atoms with Gasteiger partial charge in [0.25, 0.3) is 0 Å². The Balaban J connectivity index is 2.04. The summed E-state index contributed by atoms with van der Waals surface area (Å²) in [7, 11) is -2.07. The number of aryl methyl sites for hydroxylation is 1. The summed E-state index contributed by atoms with van der Waals surface area (Å²) in [6.45, 7) is 0.162. The van der Waals surface area contributed by atoms with E-state index >= 15 is 0 Å². The van der Waals surface area contributed by atoms with E-state index in [9.17, 15) is 12.8 Å². The molecule has 0 fully saturated rings. The van der Waals surface area contributed by atoms with Gasteiger partial charge in [0, 0.05) is 30.7 Å². The first-order chi connectivity index (χ1) is 9.38. The van der Waals surface area contributed by atoms with Crippen LogP contribution in [0.3, 0.4) is 0 Å². The standard InChI is InChI=1S/C12H13BrFN3O2S/c1-17-7-5-10(16-17)4-6-15-20(18,19)12-3-2-9(13)8-11(12)14/h2-3,5,7-8,15H,4,6H2,1H3. The van der Waals surface area contributed by atoms with Gasteiger partial charge in [0.15, 0.2) is 0 Å². The molecule has 0 saturated carbocycles. The van der Waals surface area contributed by atoms with Crippen LogP contribution in [0.25, 0.3) is 0 Å². The van der Waals surface area contributed by atoms with Crippen LogP contribution in [-0.4, -0.2) is 24.7 Å². The number of aromatic nitrogens is 2. The molecule has 20 heavy (non-hydrogen) atoms. The van der Waals surface area contributed by atoms with Crippen molar-refractivity contribution in [3.05, 3.63) is 46.4 Å². The number of nitrogens with zero attached hydrogens (tertiary/aromatic N) is 2. The van der Waals surface area contributed by atoms with Crippen molar-refractivity contribution < 1.29 is 12.8 Å². The van der Waals surface area contributed by atoms with Crippen LogP contribution in [0.2, 0.25) is 0 Å². The van der Waals surface area contributed by atoms with Crippen molar-refractivity contribution in [1.82, 2.24) is 14.5 Å². The average Bonchev–Trinajstić information content (AvgIpc) is 2.74. The Morgan fingerprint density at radius 2 is 2.15 bits per heavy atom. The van der Waals surface area contributed by atoms with Gasteiger partial charge >= 0.3 is 0 Å². The van der Waals surface area contributed by atoms with Crippen LogP contribution in [-0.2, 0) is 23.5 Å². The number of nitrogens with one attached hydrogen (secondary N) is 1. The van der Waals surface area contributed by atoms with Crippen LogP contribution < -0.4 is 4.72 Å². The Hall–Kier alpha value is -1.25. The van der Waals surface area contributed by atoms with E-state index in [1.807, 2.05) is 0 Å². The molecule has 0 aliphatic carbocycles. The third-order valence-corrected chi connectivity index (χ3v) is 4.61. The molecule has 0 unspecified atom stereocenters. The highest BCUT2D eigenvalue weighted by molar-refractivity contribution is 9.10. The Kier molecular flexibility index (Phi) is 4.56. The van der Waals surface area contributed by atoms with Crippen molar-refractivity contribution in [2.45, 2.75) is 11.3 Å². The van der Waals surface area contributed by atoms with Crippen molar-refractivity contribution in [1.29, 1.82) is 0 Å². The van der Waals surface area contributed by atoms with Crippen LogP contribution in [0.4, 0.5) is 4.39 Å². The molecular formula is C12H13BrFN3O2S. The van der Waals surface area contributed by atoms with Gasteiger partial charge in [-0.3, -0.25) is 4.68 Å². The zero-order chi connectivity index (χ0) is 14.8. The van der Waals surface area contributed by atoms with E-state index in [2.05, 4.69) is 25.8 Å². The number of sulfonamides is 1. The van der Waals surface area contributed by atoms with E-state index in [0.717, 1.165) is 11.8 Å². The van der Waals surface area contributed by atoms with Crippen LogP contribution in [0.1, 0.15) is 5.69 Å². The van der Waals surface area contributed by atoms with Crippen molar-refractivity contribution in [2.24, 2.45) is 7.05 Å². The van der Waals surface area contributed by atoms with E-state index < -0.39 is 15.8 Å². The second kappa shape index (κ2) is 6.02. The third-order valence-electron chi connectivity index (χ3n) is 2.63. The summed E-state index contributed by atoms with van der Waals surface area (Å²) in [5.41, 5.74) is 0.770. The molecule has 0 spiro atoms. The number of halogens is 2. The summed E-state index contributed by atoms with van der Waals surface area (Å²) >= 11 is 3.08. The molecule has 0 radical (unpaired) electrons. The van der Waals surface area contributed by atoms with Gasteiger partial charge in [-0.25, -0.2) is 17.5 Å². The van der Waals surface area contributed by atoms with E-state index in [4.69, 9.17) is 0 Å². The van der Waals surface area contributed by atoms with Gasteiger partial charge < -0.3 is 0 Å². The summed E-state index contributed by atoms with van der Waals surface area (Å²) in [6.07, 6.45) is 2.22. The number of rotatable bonds is 5. The van der Waals surface area contributed by atoms with Crippen molar-refractivity contribution >= 4 is 26.0 Å². The lowest BCUT2D eigenvalue weighted by Gasteiger charge is -2.07. The highest BCUT2D eigenvalue weighted by atomic mass is 79.9. The molecule has 1 heterocycles. The van der Waals surface area contributed by atoms with Crippen LogP contribution in [0, 0.1) is 5.82 Å². The first-order valence-corrected chi connectivity index (χ1v) is 8.09. The lowest BCUT2D eigenvalue weighted by Crippen LogP contribution is -2.27. The largest absolute Gasteiger partial charge is 0.276 e. The first kappa shape index (κ1) is 15.1. The predicted octanol–water partition coefficient (Wildman–Crippen LogP) is 1.84. The maximum absolute atomic E-state index is 13.6. The summed E-state index contributed by atoms with van der Waals surface area (Å²) < 4.78 is 42.1. The van der Waals surface area contributed by atoms with Gasteiger partial charge in [0.2, 0.25) is 10.0 Å². The fraction of sp³-hybridized carbons (Fsp3) is 0.250. The van der Waals surface area contributed by atoms with Gasteiger partial charge in [-0.05, 0) is 24.3 Å². The molecule has 1 aromatic heterocycles. The molecule has 0 aliphatic heterocycles. The molecule has 2 aromatic rings. The van der Waals surface area contributed by atoms with Gasteiger partial charge in [-0.2, -0.15) is 5.10 Å². The number of hydrogen-bond acceptors (Lipinski definition) is 3. The topological polar surface area (TPSA) is 64.0 Å². The predicted molar refractivity (Wildman–Crippen MR) is 76.2 cm³/mol. The SMILES string of the molecule is Cn1ccc(CCNS(=O)(=O)c2ccc(Br)cc2F)n1. The van der Waals surface area contributed by atoms with E-state index in [1.165, 1.54) is 12.1 Å². The van der Waals surface area contributed by atoms with Crippen LogP contribution >= 0.6 is 15.9 Å². The van der Waals surface area contributed by atoms with Gasteiger partial charge in [0.1, 0.15) is 10.7 Å². The molecule has 0 bridgehead atoms. The molecule has 5 nitrogen and oxygen atoms in total. The normalized spacial score (nSPS) is 11.8.